The summed E-state index contributed by atoms with van der Waals surface area (Å²) in [6, 6.07) is 5.52. The number of sulfone groups is 1. The summed E-state index contributed by atoms with van der Waals surface area (Å²) < 4.78 is 54.2. The van der Waals surface area contributed by atoms with Gasteiger partial charge in [0.2, 0.25) is 15.0 Å². The van der Waals surface area contributed by atoms with E-state index in [1.807, 2.05) is 13.8 Å². The number of hydrogen-bond acceptors (Lipinski definition) is 6. The van der Waals surface area contributed by atoms with Crippen molar-refractivity contribution in [2.75, 3.05) is 19.8 Å². The maximum Gasteiger partial charge on any atom is 0.318 e. The van der Waals surface area contributed by atoms with E-state index >= 15 is 0 Å². The van der Waals surface area contributed by atoms with Crippen molar-refractivity contribution in [1.29, 1.82) is 0 Å². The van der Waals surface area contributed by atoms with Crippen molar-refractivity contribution >= 4 is 15.9 Å². The molecular weight excluding hydrogens is 487 g/mol. The molecule has 0 saturated carbocycles. The Bertz CT molecular complexity index is 1140. The first-order chi connectivity index (χ1) is 17.2. The van der Waals surface area contributed by atoms with Crippen LogP contribution in [-0.2, 0) is 38.2 Å². The molecule has 2 saturated heterocycles. The Morgan fingerprint density at radius 2 is 1.89 bits per heavy atom. The van der Waals surface area contributed by atoms with Crippen LogP contribution in [0.15, 0.2) is 35.6 Å². The van der Waals surface area contributed by atoms with Gasteiger partial charge in [-0.05, 0) is 45.6 Å². The Balaban J connectivity index is 1.64. The number of aromatic nitrogens is 2. The number of urea groups is 1. The molecule has 1 aromatic carbocycles. The first-order valence-electron chi connectivity index (χ1n) is 12.5. The van der Waals surface area contributed by atoms with Crippen molar-refractivity contribution in [3.8, 4) is 0 Å². The number of amides is 2. The summed E-state index contributed by atoms with van der Waals surface area (Å²) in [5.41, 5.74) is 0.663. The molecule has 1 N–H and O–H groups in total. The van der Waals surface area contributed by atoms with Crippen molar-refractivity contribution in [1.82, 2.24) is 19.8 Å². The van der Waals surface area contributed by atoms with E-state index in [0.717, 1.165) is 25.7 Å². The number of halogens is 1. The minimum absolute atomic E-state index is 0.0574. The molecule has 9 nitrogen and oxygen atoms in total. The third kappa shape index (κ3) is 6.63. The van der Waals surface area contributed by atoms with Crippen molar-refractivity contribution < 1.29 is 27.1 Å². The number of carbonyl (C=O) groups is 1. The normalized spacial score (nSPS) is 20.2. The van der Waals surface area contributed by atoms with E-state index in [-0.39, 0.29) is 41.5 Å². The fourth-order valence-electron chi connectivity index (χ4n) is 4.63. The van der Waals surface area contributed by atoms with Gasteiger partial charge in [-0.3, -0.25) is 0 Å². The number of rotatable bonds is 10. The zero-order chi connectivity index (χ0) is 25.7. The minimum Gasteiger partial charge on any atom is -0.376 e. The van der Waals surface area contributed by atoms with Gasteiger partial charge in [0.25, 0.3) is 0 Å². The summed E-state index contributed by atoms with van der Waals surface area (Å²) in [6.45, 7) is 5.90. The quantitative estimate of drug-likeness (QED) is 0.514. The van der Waals surface area contributed by atoms with Gasteiger partial charge in [-0.2, -0.15) is 0 Å². The average molecular weight is 523 g/mol. The molecule has 2 aliphatic rings. The number of carbonyl (C=O) groups excluding carboxylic acids is 1. The van der Waals surface area contributed by atoms with Gasteiger partial charge in [-0.15, -0.1) is 0 Å². The molecule has 2 aliphatic heterocycles. The summed E-state index contributed by atoms with van der Waals surface area (Å²) in [5.74, 6) is -1.08. The second kappa shape index (κ2) is 11.7. The summed E-state index contributed by atoms with van der Waals surface area (Å²) in [7, 11) is -3.97. The van der Waals surface area contributed by atoms with Crippen LogP contribution in [0.1, 0.15) is 50.8 Å². The van der Waals surface area contributed by atoms with Gasteiger partial charge < -0.3 is 24.3 Å². The predicted octanol–water partition coefficient (Wildman–Crippen LogP) is 3.27. The highest BCUT2D eigenvalue weighted by atomic mass is 32.2. The van der Waals surface area contributed by atoms with Crippen LogP contribution >= 0.6 is 0 Å². The van der Waals surface area contributed by atoms with Gasteiger partial charge in [0.05, 0.1) is 42.9 Å². The first kappa shape index (κ1) is 26.6. The number of benzene rings is 1. The van der Waals surface area contributed by atoms with Crippen LogP contribution in [0.25, 0.3) is 0 Å². The third-order valence-corrected chi connectivity index (χ3v) is 7.97. The number of nitrogens with one attached hydrogen (secondary N) is 1. The largest absolute Gasteiger partial charge is 0.376 e. The van der Waals surface area contributed by atoms with Crippen LogP contribution in [0.5, 0.6) is 0 Å². The molecule has 0 spiro atoms. The smallest absolute Gasteiger partial charge is 0.318 e. The lowest BCUT2D eigenvalue weighted by molar-refractivity contribution is 0.0768. The summed E-state index contributed by atoms with van der Waals surface area (Å²) in [5, 5.41) is 2.78. The van der Waals surface area contributed by atoms with E-state index in [9.17, 15) is 17.6 Å². The lowest BCUT2D eigenvalue weighted by atomic mass is 10.2. The van der Waals surface area contributed by atoms with E-state index in [1.165, 1.54) is 24.4 Å². The molecule has 0 aliphatic carbocycles. The summed E-state index contributed by atoms with van der Waals surface area (Å²) >= 11 is 0. The van der Waals surface area contributed by atoms with E-state index in [1.54, 1.807) is 15.5 Å². The predicted molar refractivity (Wildman–Crippen MR) is 132 cm³/mol. The topological polar surface area (TPSA) is 103 Å². The van der Waals surface area contributed by atoms with Crippen molar-refractivity contribution in [3.05, 3.63) is 47.5 Å². The fourth-order valence-corrected chi connectivity index (χ4v) is 6.14. The zero-order valence-corrected chi connectivity index (χ0v) is 21.7. The summed E-state index contributed by atoms with van der Waals surface area (Å²) in [6.07, 6.45) is 4.78. The molecule has 2 fully saturated rings. The number of imidazole rings is 1. The van der Waals surface area contributed by atoms with Gasteiger partial charge >= 0.3 is 6.03 Å². The Morgan fingerprint density at radius 1 is 1.19 bits per heavy atom. The van der Waals surface area contributed by atoms with Crippen molar-refractivity contribution in [2.45, 2.75) is 81.8 Å². The molecule has 2 amide bonds. The van der Waals surface area contributed by atoms with Gasteiger partial charge in [0, 0.05) is 31.4 Å². The minimum atomic E-state index is -3.97. The van der Waals surface area contributed by atoms with Crippen molar-refractivity contribution in [2.24, 2.45) is 0 Å². The van der Waals surface area contributed by atoms with Crippen LogP contribution in [0.4, 0.5) is 9.18 Å². The van der Waals surface area contributed by atoms with Gasteiger partial charge in [0.15, 0.2) is 0 Å². The summed E-state index contributed by atoms with van der Waals surface area (Å²) in [4.78, 5) is 18.9. The maximum absolute atomic E-state index is 14.3. The maximum atomic E-state index is 14.3. The second-order valence-corrected chi connectivity index (χ2v) is 11.6. The number of nitrogens with zero attached hydrogens (tertiary/aromatic N) is 3. The standard InChI is InChI=1S/C25H35FN4O5S/c1-18(2)28-24(31)29(15-21-8-5-11-34-21)14-20-13-27-25(30(20)16-22-9-6-12-35-22)36(32,33)17-19-7-3-4-10-23(19)26/h3-4,7,10,13,18,21-22H,5-6,8-9,11-12,14-17H2,1-2H3,(H,28,31)/t21-,22-/m1/s1. The highest BCUT2D eigenvalue weighted by Crippen LogP contribution is 2.24. The third-order valence-electron chi connectivity index (χ3n) is 6.39. The number of ether oxygens (including phenoxy) is 2. The fraction of sp³-hybridized carbons (Fsp3) is 0.600. The van der Waals surface area contributed by atoms with E-state index in [0.29, 0.717) is 32.0 Å². The highest BCUT2D eigenvalue weighted by molar-refractivity contribution is 7.90. The Morgan fingerprint density at radius 3 is 2.53 bits per heavy atom. The van der Waals surface area contributed by atoms with E-state index in [2.05, 4.69) is 10.3 Å². The van der Waals surface area contributed by atoms with Crippen LogP contribution < -0.4 is 5.32 Å². The molecule has 4 rings (SSSR count). The van der Waals surface area contributed by atoms with Crippen LogP contribution in [0, 0.1) is 5.82 Å². The average Bonchev–Trinajstić information content (AvgIpc) is 3.58. The monoisotopic (exact) mass is 522 g/mol. The van der Waals surface area contributed by atoms with Crippen LogP contribution in [-0.4, -0.2) is 66.9 Å². The molecule has 36 heavy (non-hydrogen) atoms. The van der Waals surface area contributed by atoms with Crippen LogP contribution in [0.2, 0.25) is 0 Å². The number of hydrogen-bond donors (Lipinski definition) is 1. The lowest BCUT2D eigenvalue weighted by Gasteiger charge is -2.27. The van der Waals surface area contributed by atoms with E-state index < -0.39 is 21.4 Å². The molecule has 0 radical (unpaired) electrons. The van der Waals surface area contributed by atoms with Gasteiger partial charge in [-0.25, -0.2) is 22.6 Å². The molecular formula is C25H35FN4O5S. The van der Waals surface area contributed by atoms with Crippen molar-refractivity contribution in [3.63, 3.8) is 0 Å². The highest BCUT2D eigenvalue weighted by Gasteiger charge is 2.30. The van der Waals surface area contributed by atoms with E-state index in [4.69, 9.17) is 9.47 Å². The second-order valence-electron chi connectivity index (χ2n) is 9.75. The molecule has 198 valence electrons. The molecule has 0 bridgehead atoms. The molecule has 3 heterocycles. The molecule has 1 aromatic heterocycles. The lowest BCUT2D eigenvalue weighted by Crippen LogP contribution is -2.46. The molecule has 0 unspecified atom stereocenters. The van der Waals surface area contributed by atoms with Gasteiger partial charge in [0.1, 0.15) is 5.82 Å². The Kier molecular flexibility index (Phi) is 8.63. The Labute approximate surface area is 211 Å². The molecule has 2 atom stereocenters. The van der Waals surface area contributed by atoms with Gasteiger partial charge in [-0.1, -0.05) is 18.2 Å². The van der Waals surface area contributed by atoms with Crippen LogP contribution in [0.3, 0.4) is 0 Å². The molecule has 2 aromatic rings. The Hall–Kier alpha value is -2.50. The SMILES string of the molecule is CC(C)NC(=O)N(Cc1cnc(S(=O)(=O)Cc2ccccc2F)n1C[C@H]1CCCO1)C[C@H]1CCCO1. The first-order valence-corrected chi connectivity index (χ1v) is 14.2. The zero-order valence-electron chi connectivity index (χ0n) is 20.9. The molecule has 11 heteroatoms.